The molecule has 3 aromatic heterocycles. The number of hydrogen-bond donors (Lipinski definition) is 0. The van der Waals surface area contributed by atoms with Gasteiger partial charge in [0.1, 0.15) is 5.82 Å². The van der Waals surface area contributed by atoms with Crippen molar-refractivity contribution >= 4 is 34.4 Å². The lowest BCUT2D eigenvalue weighted by Crippen LogP contribution is -2.16. The first kappa shape index (κ1) is 19.2. The van der Waals surface area contributed by atoms with Gasteiger partial charge in [0, 0.05) is 28.5 Å². The number of thioether (sulfide) groups is 1. The van der Waals surface area contributed by atoms with E-state index in [0.717, 1.165) is 36.0 Å². The van der Waals surface area contributed by atoms with Crippen LogP contribution in [-0.4, -0.2) is 19.7 Å². The number of aryl methyl sites for hydroxylation is 1. The molecule has 4 rings (SSSR count). The van der Waals surface area contributed by atoms with E-state index >= 15 is 0 Å². The third kappa shape index (κ3) is 4.81. The van der Waals surface area contributed by atoms with Crippen LogP contribution in [0.3, 0.4) is 0 Å². The molecule has 0 N–H and O–H groups in total. The average molecular weight is 419 g/mol. The van der Waals surface area contributed by atoms with Crippen molar-refractivity contribution in [3.63, 3.8) is 0 Å². The highest BCUT2D eigenvalue weighted by Gasteiger charge is 2.23. The SMILES string of the molecule is CCCc1nc(CSc2nnc(Cc3cccs3)n2C2CCCCC2)cs1. The van der Waals surface area contributed by atoms with E-state index in [4.69, 9.17) is 4.98 Å². The Balaban J connectivity index is 1.52. The topological polar surface area (TPSA) is 43.6 Å². The van der Waals surface area contributed by atoms with Crippen molar-refractivity contribution in [2.45, 2.75) is 75.2 Å². The standard InChI is InChI=1S/C20H26N4S3/c1-2-7-19-21-15(13-26-19)14-27-20-23-22-18(12-17-10-6-11-25-17)24(20)16-8-4-3-5-9-16/h6,10-11,13,16H,2-5,7-9,12,14H2,1H3. The van der Waals surface area contributed by atoms with Crippen LogP contribution in [0, 0.1) is 0 Å². The van der Waals surface area contributed by atoms with Gasteiger partial charge in [-0.3, -0.25) is 0 Å². The predicted molar refractivity (Wildman–Crippen MR) is 115 cm³/mol. The Kier molecular flexibility index (Phi) is 6.63. The maximum Gasteiger partial charge on any atom is 0.191 e. The number of aromatic nitrogens is 4. The fraction of sp³-hybridized carbons (Fsp3) is 0.550. The molecule has 3 heterocycles. The van der Waals surface area contributed by atoms with E-state index in [9.17, 15) is 0 Å². The van der Waals surface area contributed by atoms with Crippen molar-refractivity contribution < 1.29 is 0 Å². The van der Waals surface area contributed by atoms with Crippen molar-refractivity contribution in [1.29, 1.82) is 0 Å². The molecule has 0 aliphatic heterocycles. The smallest absolute Gasteiger partial charge is 0.191 e. The van der Waals surface area contributed by atoms with Gasteiger partial charge in [0.25, 0.3) is 0 Å². The lowest BCUT2D eigenvalue weighted by Gasteiger charge is -2.25. The third-order valence-corrected chi connectivity index (χ3v) is 7.81. The minimum absolute atomic E-state index is 0.553. The molecule has 0 saturated heterocycles. The zero-order valence-corrected chi connectivity index (χ0v) is 18.2. The molecular formula is C20H26N4S3. The van der Waals surface area contributed by atoms with Crippen molar-refractivity contribution in [2.75, 3.05) is 0 Å². The second-order valence-corrected chi connectivity index (χ2v) is 10.0. The van der Waals surface area contributed by atoms with E-state index < -0.39 is 0 Å². The normalized spacial score (nSPS) is 15.4. The van der Waals surface area contributed by atoms with Gasteiger partial charge in [-0.25, -0.2) is 4.98 Å². The summed E-state index contributed by atoms with van der Waals surface area (Å²) < 4.78 is 2.45. The molecule has 3 aromatic rings. The molecule has 0 radical (unpaired) electrons. The van der Waals surface area contributed by atoms with Gasteiger partial charge >= 0.3 is 0 Å². The molecule has 0 unspecified atom stereocenters. The van der Waals surface area contributed by atoms with Crippen LogP contribution >= 0.6 is 34.4 Å². The largest absolute Gasteiger partial charge is 0.303 e. The minimum atomic E-state index is 0.553. The number of thiazole rings is 1. The predicted octanol–water partition coefficient (Wildman–Crippen LogP) is 6.14. The molecule has 1 fully saturated rings. The van der Waals surface area contributed by atoms with Gasteiger partial charge in [-0.15, -0.1) is 32.9 Å². The Hall–Kier alpha value is -1.18. The van der Waals surface area contributed by atoms with Gasteiger partial charge in [-0.2, -0.15) is 0 Å². The van der Waals surface area contributed by atoms with Crippen LogP contribution in [0.1, 0.15) is 72.9 Å². The molecular weight excluding hydrogens is 392 g/mol. The monoisotopic (exact) mass is 418 g/mol. The number of hydrogen-bond acceptors (Lipinski definition) is 6. The second-order valence-electron chi connectivity index (χ2n) is 7.09. The van der Waals surface area contributed by atoms with Gasteiger partial charge in [0.15, 0.2) is 5.16 Å². The number of rotatable bonds is 8. The maximum absolute atomic E-state index is 4.77. The highest BCUT2D eigenvalue weighted by atomic mass is 32.2. The zero-order valence-electron chi connectivity index (χ0n) is 15.8. The first-order valence-electron chi connectivity index (χ1n) is 9.85. The summed E-state index contributed by atoms with van der Waals surface area (Å²) in [7, 11) is 0. The summed E-state index contributed by atoms with van der Waals surface area (Å²) in [6.45, 7) is 2.21. The summed E-state index contributed by atoms with van der Waals surface area (Å²) in [6, 6.07) is 4.87. The lowest BCUT2D eigenvalue weighted by molar-refractivity contribution is 0.330. The van der Waals surface area contributed by atoms with E-state index in [0.29, 0.717) is 6.04 Å². The van der Waals surface area contributed by atoms with E-state index in [1.54, 1.807) is 34.4 Å². The summed E-state index contributed by atoms with van der Waals surface area (Å²) in [5.41, 5.74) is 1.17. The van der Waals surface area contributed by atoms with E-state index in [-0.39, 0.29) is 0 Å². The first-order valence-corrected chi connectivity index (χ1v) is 12.6. The lowest BCUT2D eigenvalue weighted by atomic mass is 9.95. The van der Waals surface area contributed by atoms with Crippen LogP contribution < -0.4 is 0 Å². The summed E-state index contributed by atoms with van der Waals surface area (Å²) in [5, 5.41) is 15.8. The molecule has 1 saturated carbocycles. The molecule has 27 heavy (non-hydrogen) atoms. The van der Waals surface area contributed by atoms with E-state index in [1.807, 2.05) is 0 Å². The van der Waals surface area contributed by atoms with Crippen LogP contribution in [0.2, 0.25) is 0 Å². The highest BCUT2D eigenvalue weighted by molar-refractivity contribution is 7.98. The number of nitrogens with zero attached hydrogens (tertiary/aromatic N) is 4. The van der Waals surface area contributed by atoms with Crippen molar-refractivity contribution in [1.82, 2.24) is 19.7 Å². The Bertz CT molecular complexity index is 831. The van der Waals surface area contributed by atoms with Crippen LogP contribution in [0.15, 0.2) is 28.0 Å². The average Bonchev–Trinajstić information content (AvgIpc) is 3.43. The van der Waals surface area contributed by atoms with E-state index in [1.165, 1.54) is 47.7 Å². The number of thiophene rings is 1. The molecule has 7 heteroatoms. The van der Waals surface area contributed by atoms with Crippen LogP contribution in [0.5, 0.6) is 0 Å². The van der Waals surface area contributed by atoms with Crippen LogP contribution in [-0.2, 0) is 18.6 Å². The Morgan fingerprint density at radius 3 is 2.85 bits per heavy atom. The first-order chi connectivity index (χ1) is 13.3. The van der Waals surface area contributed by atoms with Crippen molar-refractivity contribution in [3.05, 3.63) is 44.3 Å². The second kappa shape index (κ2) is 9.34. The molecule has 4 nitrogen and oxygen atoms in total. The van der Waals surface area contributed by atoms with Crippen LogP contribution in [0.4, 0.5) is 0 Å². The van der Waals surface area contributed by atoms with Gasteiger partial charge in [0.05, 0.1) is 10.7 Å². The fourth-order valence-electron chi connectivity index (χ4n) is 3.68. The molecule has 1 aliphatic carbocycles. The van der Waals surface area contributed by atoms with Crippen LogP contribution in [0.25, 0.3) is 0 Å². The summed E-state index contributed by atoms with van der Waals surface area (Å²) in [5.74, 6) is 2.00. The van der Waals surface area contributed by atoms with E-state index in [2.05, 4.69) is 44.6 Å². The molecule has 0 spiro atoms. The molecule has 0 bridgehead atoms. The molecule has 1 aliphatic rings. The fourth-order valence-corrected chi connectivity index (χ4v) is 6.31. The zero-order chi connectivity index (χ0) is 18.5. The molecule has 0 aromatic carbocycles. The van der Waals surface area contributed by atoms with Gasteiger partial charge in [-0.1, -0.05) is 44.0 Å². The van der Waals surface area contributed by atoms with Gasteiger partial charge in [0.2, 0.25) is 0 Å². The Morgan fingerprint density at radius 1 is 1.19 bits per heavy atom. The Labute approximate surface area is 173 Å². The Morgan fingerprint density at radius 2 is 2.07 bits per heavy atom. The van der Waals surface area contributed by atoms with Crippen molar-refractivity contribution in [3.8, 4) is 0 Å². The summed E-state index contributed by atoms with van der Waals surface area (Å²) in [4.78, 5) is 6.13. The minimum Gasteiger partial charge on any atom is -0.303 e. The highest BCUT2D eigenvalue weighted by Crippen LogP contribution is 2.34. The van der Waals surface area contributed by atoms with Crippen molar-refractivity contribution in [2.24, 2.45) is 0 Å². The third-order valence-electron chi connectivity index (χ3n) is 5.00. The molecule has 144 valence electrons. The molecule has 0 atom stereocenters. The summed E-state index contributed by atoms with van der Waals surface area (Å²) >= 11 is 5.38. The van der Waals surface area contributed by atoms with Gasteiger partial charge < -0.3 is 4.57 Å². The summed E-state index contributed by atoms with van der Waals surface area (Å²) in [6.07, 6.45) is 9.62. The van der Waals surface area contributed by atoms with Gasteiger partial charge in [-0.05, 0) is 37.1 Å². The maximum atomic E-state index is 4.77. The quantitative estimate of drug-likeness (QED) is 0.412. The molecule has 0 amide bonds.